The third-order valence-electron chi connectivity index (χ3n) is 1.93. The summed E-state index contributed by atoms with van der Waals surface area (Å²) in [6, 6.07) is 4.86. The van der Waals surface area contributed by atoms with Crippen LogP contribution in [0.5, 0.6) is 5.75 Å². The van der Waals surface area contributed by atoms with Crippen LogP contribution in [0.2, 0.25) is 0 Å². The van der Waals surface area contributed by atoms with E-state index in [0.29, 0.717) is 0 Å². The summed E-state index contributed by atoms with van der Waals surface area (Å²) in [5.41, 5.74) is 5.53. The number of hydrogen-bond donors (Lipinski definition) is 3. The predicted octanol–water partition coefficient (Wildman–Crippen LogP) is 1.11. The summed E-state index contributed by atoms with van der Waals surface area (Å²) in [6.07, 6.45) is 0. The summed E-state index contributed by atoms with van der Waals surface area (Å²) >= 11 is 0. The van der Waals surface area contributed by atoms with Gasteiger partial charge in [-0.1, -0.05) is 12.1 Å². The van der Waals surface area contributed by atoms with E-state index < -0.39 is 18.6 Å². The van der Waals surface area contributed by atoms with E-state index in [1.807, 2.05) is 0 Å². The van der Waals surface area contributed by atoms with Crippen LogP contribution in [-0.2, 0) is 4.79 Å². The Bertz CT molecular complexity index is 388. The fourth-order valence-electron chi connectivity index (χ4n) is 1.12. The van der Waals surface area contributed by atoms with Crippen LogP contribution in [0, 0.1) is 0 Å². The minimum Gasteiger partial charge on any atom is -0.480 e. The van der Waals surface area contributed by atoms with Gasteiger partial charge >= 0.3 is 12.6 Å². The Balaban J connectivity index is 2.66. The number of ether oxygens (including phenoxy) is 1. The van der Waals surface area contributed by atoms with Crippen LogP contribution >= 0.6 is 0 Å². The van der Waals surface area contributed by atoms with Gasteiger partial charge in [0.2, 0.25) is 0 Å². The van der Waals surface area contributed by atoms with Crippen LogP contribution in [0.1, 0.15) is 0 Å². The van der Waals surface area contributed by atoms with Gasteiger partial charge in [0.25, 0.3) is 0 Å². The van der Waals surface area contributed by atoms with Gasteiger partial charge in [-0.15, -0.1) is 0 Å². The number of alkyl halides is 2. The molecular formula is C10H12F2N2O3. The molecule has 0 spiro atoms. The second-order valence-electron chi connectivity index (χ2n) is 3.20. The zero-order valence-corrected chi connectivity index (χ0v) is 8.77. The maximum atomic E-state index is 12.1. The molecule has 0 aliphatic rings. The molecule has 1 aromatic rings. The quantitative estimate of drug-likeness (QED) is 0.700. The Labute approximate surface area is 96.2 Å². The van der Waals surface area contributed by atoms with Gasteiger partial charge in [0.1, 0.15) is 11.8 Å². The minimum absolute atomic E-state index is 0.0555. The average Bonchev–Trinajstić information content (AvgIpc) is 2.26. The monoisotopic (exact) mass is 246 g/mol. The smallest absolute Gasteiger partial charge is 0.387 e. The molecule has 0 aliphatic heterocycles. The first kappa shape index (κ1) is 13.2. The van der Waals surface area contributed by atoms with Crippen molar-refractivity contribution in [2.45, 2.75) is 12.7 Å². The van der Waals surface area contributed by atoms with Crippen LogP contribution in [0.4, 0.5) is 14.5 Å². The number of carboxylic acids is 1. The molecule has 0 radical (unpaired) electrons. The Morgan fingerprint density at radius 3 is 2.71 bits per heavy atom. The van der Waals surface area contributed by atoms with E-state index in [-0.39, 0.29) is 18.0 Å². The predicted molar refractivity (Wildman–Crippen MR) is 57.2 cm³/mol. The molecule has 94 valence electrons. The number of para-hydroxylation sites is 2. The average molecular weight is 246 g/mol. The largest absolute Gasteiger partial charge is 0.480 e. The molecule has 1 atom stereocenters. The normalized spacial score (nSPS) is 12.2. The Morgan fingerprint density at radius 2 is 2.12 bits per heavy atom. The lowest BCUT2D eigenvalue weighted by atomic mass is 10.2. The van der Waals surface area contributed by atoms with Gasteiger partial charge in [0.15, 0.2) is 0 Å². The molecule has 0 aliphatic carbocycles. The first-order valence-electron chi connectivity index (χ1n) is 4.77. The molecule has 1 aromatic carbocycles. The maximum absolute atomic E-state index is 12.1. The highest BCUT2D eigenvalue weighted by atomic mass is 19.3. The van der Waals surface area contributed by atoms with Crippen molar-refractivity contribution in [3.63, 3.8) is 0 Å². The fourth-order valence-corrected chi connectivity index (χ4v) is 1.12. The van der Waals surface area contributed by atoms with Crippen molar-refractivity contribution in [3.8, 4) is 5.75 Å². The molecule has 0 saturated carbocycles. The van der Waals surface area contributed by atoms with Crippen molar-refractivity contribution in [2.24, 2.45) is 5.73 Å². The highest BCUT2D eigenvalue weighted by molar-refractivity contribution is 5.74. The molecule has 0 amide bonds. The number of anilines is 1. The number of carboxylic acid groups (broad SMARTS) is 1. The Hall–Kier alpha value is -1.89. The number of aliphatic carboxylic acids is 1. The molecule has 0 saturated heterocycles. The van der Waals surface area contributed by atoms with E-state index in [1.165, 1.54) is 18.2 Å². The van der Waals surface area contributed by atoms with Gasteiger partial charge in [-0.3, -0.25) is 4.79 Å². The number of halogens is 2. The summed E-state index contributed by atoms with van der Waals surface area (Å²) in [5.74, 6) is -1.23. The molecular weight excluding hydrogens is 234 g/mol. The second kappa shape index (κ2) is 6.00. The van der Waals surface area contributed by atoms with Crippen LogP contribution in [0.25, 0.3) is 0 Å². The summed E-state index contributed by atoms with van der Waals surface area (Å²) in [4.78, 5) is 10.5. The molecule has 0 fully saturated rings. The molecule has 1 rings (SSSR count). The number of carbonyl (C=O) groups is 1. The van der Waals surface area contributed by atoms with Crippen molar-refractivity contribution < 1.29 is 23.4 Å². The number of benzene rings is 1. The Kier molecular flexibility index (Phi) is 4.65. The van der Waals surface area contributed by atoms with Gasteiger partial charge in [-0.05, 0) is 12.1 Å². The van der Waals surface area contributed by atoms with Crippen LogP contribution in [0.15, 0.2) is 24.3 Å². The lowest BCUT2D eigenvalue weighted by molar-refractivity contribution is -0.138. The maximum Gasteiger partial charge on any atom is 0.387 e. The molecule has 1 unspecified atom stereocenters. The molecule has 5 nitrogen and oxygen atoms in total. The van der Waals surface area contributed by atoms with E-state index in [4.69, 9.17) is 10.8 Å². The zero-order chi connectivity index (χ0) is 12.8. The molecule has 17 heavy (non-hydrogen) atoms. The third kappa shape index (κ3) is 4.23. The van der Waals surface area contributed by atoms with Gasteiger partial charge in [0, 0.05) is 6.54 Å². The zero-order valence-electron chi connectivity index (χ0n) is 8.77. The summed E-state index contributed by atoms with van der Waals surface area (Å²) in [6.45, 7) is -3.02. The lowest BCUT2D eigenvalue weighted by Gasteiger charge is -2.13. The van der Waals surface area contributed by atoms with Crippen LogP contribution < -0.4 is 15.8 Å². The van der Waals surface area contributed by atoms with Gasteiger partial charge in [0.05, 0.1) is 5.69 Å². The van der Waals surface area contributed by atoms with Gasteiger partial charge < -0.3 is 20.9 Å². The topological polar surface area (TPSA) is 84.6 Å². The van der Waals surface area contributed by atoms with E-state index in [2.05, 4.69) is 10.1 Å². The first-order chi connectivity index (χ1) is 8.00. The lowest BCUT2D eigenvalue weighted by Crippen LogP contribution is -2.37. The van der Waals surface area contributed by atoms with E-state index in [1.54, 1.807) is 6.07 Å². The SMILES string of the molecule is NC(CNc1ccccc1OC(F)F)C(=O)O. The minimum atomic E-state index is -2.94. The van der Waals surface area contributed by atoms with Crippen molar-refractivity contribution >= 4 is 11.7 Å². The number of hydrogen-bond acceptors (Lipinski definition) is 4. The van der Waals surface area contributed by atoms with Gasteiger partial charge in [-0.2, -0.15) is 8.78 Å². The first-order valence-corrected chi connectivity index (χ1v) is 4.77. The third-order valence-corrected chi connectivity index (χ3v) is 1.93. The molecule has 0 bridgehead atoms. The number of nitrogens with one attached hydrogen (secondary N) is 1. The van der Waals surface area contributed by atoms with E-state index in [0.717, 1.165) is 0 Å². The standard InChI is InChI=1S/C10H12F2N2O3/c11-10(12)17-8-4-2-1-3-7(8)14-5-6(13)9(15)16/h1-4,6,10,14H,5,13H2,(H,15,16). The highest BCUT2D eigenvalue weighted by Gasteiger charge is 2.13. The second-order valence-corrected chi connectivity index (χ2v) is 3.20. The number of rotatable bonds is 6. The fraction of sp³-hybridized carbons (Fsp3) is 0.300. The Morgan fingerprint density at radius 1 is 1.47 bits per heavy atom. The molecule has 7 heteroatoms. The van der Waals surface area contributed by atoms with Crippen molar-refractivity contribution in [2.75, 3.05) is 11.9 Å². The van der Waals surface area contributed by atoms with E-state index in [9.17, 15) is 13.6 Å². The van der Waals surface area contributed by atoms with Crippen molar-refractivity contribution in [3.05, 3.63) is 24.3 Å². The summed E-state index contributed by atoms with van der Waals surface area (Å²) in [5, 5.41) is 11.2. The molecule has 0 heterocycles. The highest BCUT2D eigenvalue weighted by Crippen LogP contribution is 2.25. The molecule has 4 N–H and O–H groups in total. The summed E-state index contributed by atoms with van der Waals surface area (Å²) < 4.78 is 28.4. The molecule has 0 aromatic heterocycles. The van der Waals surface area contributed by atoms with Crippen LogP contribution in [-0.4, -0.2) is 30.3 Å². The van der Waals surface area contributed by atoms with Crippen molar-refractivity contribution in [1.82, 2.24) is 0 Å². The van der Waals surface area contributed by atoms with Crippen LogP contribution in [0.3, 0.4) is 0 Å². The summed E-state index contributed by atoms with van der Waals surface area (Å²) in [7, 11) is 0. The van der Waals surface area contributed by atoms with Gasteiger partial charge in [-0.25, -0.2) is 0 Å². The van der Waals surface area contributed by atoms with E-state index >= 15 is 0 Å². The van der Waals surface area contributed by atoms with Crippen molar-refractivity contribution in [1.29, 1.82) is 0 Å². The number of nitrogens with two attached hydrogens (primary N) is 1.